The molecule has 2 N–H and O–H groups in total. The maximum absolute atomic E-state index is 12.8. The van der Waals surface area contributed by atoms with Crippen LogP contribution in [-0.4, -0.2) is 37.8 Å². The molecule has 2 heterocycles. The Labute approximate surface area is 120 Å². The predicted octanol–water partition coefficient (Wildman–Crippen LogP) is 1.99. The van der Waals surface area contributed by atoms with Gasteiger partial charge in [-0.1, -0.05) is 0 Å². The molecule has 0 atom stereocenters. The number of fused-ring (bicyclic) bond motifs is 2. The van der Waals surface area contributed by atoms with Gasteiger partial charge in [0.05, 0.1) is 6.54 Å². The van der Waals surface area contributed by atoms with Crippen LogP contribution >= 0.6 is 0 Å². The van der Waals surface area contributed by atoms with Gasteiger partial charge in [0.1, 0.15) is 5.82 Å². The van der Waals surface area contributed by atoms with Crippen LogP contribution < -0.4 is 20.1 Å². The fourth-order valence-electron chi connectivity index (χ4n) is 2.41. The van der Waals surface area contributed by atoms with Crippen LogP contribution in [0.25, 0.3) is 10.8 Å². The number of hydrogen-bond donors (Lipinski definition) is 1. The Morgan fingerprint density at radius 1 is 1.29 bits per heavy atom. The first-order valence-electron chi connectivity index (χ1n) is 6.60. The molecule has 5 nitrogen and oxygen atoms in total. The summed E-state index contributed by atoms with van der Waals surface area (Å²) in [5, 5.41) is 1.61. The number of halogens is 2. The second-order valence-electron chi connectivity index (χ2n) is 4.69. The zero-order valence-electron chi connectivity index (χ0n) is 11.3. The Kier molecular flexibility index (Phi) is 3.74. The maximum Gasteiger partial charge on any atom is 0.255 e. The van der Waals surface area contributed by atoms with Crippen molar-refractivity contribution >= 4 is 16.6 Å². The first kappa shape index (κ1) is 13.8. The average Bonchev–Trinajstić information content (AvgIpc) is 2.90. The predicted molar refractivity (Wildman–Crippen MR) is 75.1 cm³/mol. The van der Waals surface area contributed by atoms with Crippen molar-refractivity contribution in [2.45, 2.75) is 6.43 Å². The normalized spacial score (nSPS) is 13.1. The first-order valence-corrected chi connectivity index (χ1v) is 6.60. The SMILES string of the molecule is NCCN(CC(F)F)c1nccc2cc3c(cc12)OCO3. The molecule has 1 aliphatic rings. The molecule has 0 unspecified atom stereocenters. The van der Waals surface area contributed by atoms with E-state index in [4.69, 9.17) is 15.2 Å². The summed E-state index contributed by atoms with van der Waals surface area (Å²) in [4.78, 5) is 5.74. The number of anilines is 1. The number of aromatic nitrogens is 1. The fourth-order valence-corrected chi connectivity index (χ4v) is 2.41. The summed E-state index contributed by atoms with van der Waals surface area (Å²) in [6.45, 7) is 0.343. The van der Waals surface area contributed by atoms with Crippen molar-refractivity contribution in [1.29, 1.82) is 0 Å². The molecule has 0 amide bonds. The van der Waals surface area contributed by atoms with Crippen LogP contribution in [0.5, 0.6) is 11.5 Å². The van der Waals surface area contributed by atoms with Gasteiger partial charge in [-0.05, 0) is 23.6 Å². The van der Waals surface area contributed by atoms with E-state index in [0.717, 1.165) is 10.8 Å². The number of pyridine rings is 1. The third kappa shape index (κ3) is 2.69. The minimum absolute atomic E-state index is 0.165. The van der Waals surface area contributed by atoms with Crippen LogP contribution in [0.2, 0.25) is 0 Å². The summed E-state index contributed by atoms with van der Waals surface area (Å²) < 4.78 is 36.2. The van der Waals surface area contributed by atoms with E-state index in [1.54, 1.807) is 12.3 Å². The second-order valence-corrected chi connectivity index (χ2v) is 4.69. The molecule has 7 heteroatoms. The van der Waals surface area contributed by atoms with Crippen molar-refractivity contribution in [2.24, 2.45) is 5.73 Å². The minimum atomic E-state index is -2.46. The van der Waals surface area contributed by atoms with Gasteiger partial charge in [-0.2, -0.15) is 0 Å². The van der Waals surface area contributed by atoms with Crippen LogP contribution in [-0.2, 0) is 0 Å². The van der Waals surface area contributed by atoms with Crippen molar-refractivity contribution in [1.82, 2.24) is 4.98 Å². The van der Waals surface area contributed by atoms with Crippen molar-refractivity contribution in [3.8, 4) is 11.5 Å². The minimum Gasteiger partial charge on any atom is -0.454 e. The smallest absolute Gasteiger partial charge is 0.255 e. The maximum atomic E-state index is 12.8. The lowest BCUT2D eigenvalue weighted by Crippen LogP contribution is -2.34. The van der Waals surface area contributed by atoms with Crippen LogP contribution in [0.1, 0.15) is 0 Å². The summed E-state index contributed by atoms with van der Waals surface area (Å²) in [5.41, 5.74) is 5.52. The fraction of sp³-hybridized carbons (Fsp3) is 0.357. The van der Waals surface area contributed by atoms with Gasteiger partial charge in [0.25, 0.3) is 6.43 Å². The van der Waals surface area contributed by atoms with E-state index in [2.05, 4.69) is 4.98 Å². The molecule has 1 aromatic heterocycles. The molecule has 0 fully saturated rings. The topological polar surface area (TPSA) is 60.6 Å². The molecule has 112 valence electrons. The number of hydrogen-bond acceptors (Lipinski definition) is 5. The van der Waals surface area contributed by atoms with E-state index in [0.29, 0.717) is 23.9 Å². The Hall–Kier alpha value is -2.15. The number of nitrogens with two attached hydrogens (primary N) is 1. The standard InChI is InChI=1S/C14H15F2N3O2/c15-13(16)7-19(4-2-17)14-10-6-12-11(20-8-21-12)5-9(10)1-3-18-14/h1,3,5-6,13H,2,4,7-8,17H2. The van der Waals surface area contributed by atoms with Crippen molar-refractivity contribution in [2.75, 3.05) is 31.3 Å². The first-order chi connectivity index (χ1) is 10.2. The van der Waals surface area contributed by atoms with Gasteiger partial charge in [0.2, 0.25) is 6.79 Å². The second kappa shape index (κ2) is 5.69. The largest absolute Gasteiger partial charge is 0.454 e. The van der Waals surface area contributed by atoms with Gasteiger partial charge >= 0.3 is 0 Å². The lowest BCUT2D eigenvalue weighted by atomic mass is 10.1. The Balaban J connectivity index is 2.08. The van der Waals surface area contributed by atoms with Gasteiger partial charge in [0.15, 0.2) is 11.5 Å². The monoisotopic (exact) mass is 295 g/mol. The molecule has 21 heavy (non-hydrogen) atoms. The van der Waals surface area contributed by atoms with Crippen LogP contribution in [0.4, 0.5) is 14.6 Å². The molecule has 3 rings (SSSR count). The zero-order chi connectivity index (χ0) is 14.8. The number of nitrogens with zero attached hydrogens (tertiary/aromatic N) is 2. The Morgan fingerprint density at radius 2 is 2.05 bits per heavy atom. The molecular weight excluding hydrogens is 280 g/mol. The lowest BCUT2D eigenvalue weighted by molar-refractivity contribution is 0.155. The zero-order valence-corrected chi connectivity index (χ0v) is 11.3. The molecule has 0 bridgehead atoms. The highest BCUT2D eigenvalue weighted by molar-refractivity contribution is 5.94. The summed E-state index contributed by atoms with van der Waals surface area (Å²) in [7, 11) is 0. The lowest BCUT2D eigenvalue weighted by Gasteiger charge is -2.24. The highest BCUT2D eigenvalue weighted by Gasteiger charge is 2.19. The Morgan fingerprint density at radius 3 is 2.76 bits per heavy atom. The average molecular weight is 295 g/mol. The number of ether oxygens (including phenoxy) is 2. The molecule has 1 aliphatic heterocycles. The molecule has 1 aromatic carbocycles. The number of alkyl halides is 2. The Bertz CT molecular complexity index is 651. The van der Waals surface area contributed by atoms with E-state index in [1.807, 2.05) is 12.1 Å². The molecule has 0 radical (unpaired) electrons. The van der Waals surface area contributed by atoms with E-state index in [1.165, 1.54) is 4.90 Å². The van der Waals surface area contributed by atoms with Crippen LogP contribution in [0, 0.1) is 0 Å². The van der Waals surface area contributed by atoms with Gasteiger partial charge in [0, 0.05) is 24.7 Å². The molecule has 0 saturated carbocycles. The molecular formula is C14H15F2N3O2. The molecule has 0 spiro atoms. The van der Waals surface area contributed by atoms with Gasteiger partial charge in [-0.3, -0.25) is 0 Å². The van der Waals surface area contributed by atoms with E-state index in [-0.39, 0.29) is 13.3 Å². The van der Waals surface area contributed by atoms with Gasteiger partial charge in [-0.25, -0.2) is 13.8 Å². The van der Waals surface area contributed by atoms with Gasteiger partial charge < -0.3 is 20.1 Å². The third-order valence-electron chi connectivity index (χ3n) is 3.29. The summed E-state index contributed by atoms with van der Waals surface area (Å²) >= 11 is 0. The number of benzene rings is 1. The van der Waals surface area contributed by atoms with E-state index < -0.39 is 13.0 Å². The summed E-state index contributed by atoms with van der Waals surface area (Å²) in [5.74, 6) is 1.73. The molecule has 0 aliphatic carbocycles. The van der Waals surface area contributed by atoms with Crippen molar-refractivity contribution in [3.63, 3.8) is 0 Å². The van der Waals surface area contributed by atoms with Crippen LogP contribution in [0.15, 0.2) is 24.4 Å². The third-order valence-corrected chi connectivity index (χ3v) is 3.29. The van der Waals surface area contributed by atoms with Crippen LogP contribution in [0.3, 0.4) is 0 Å². The van der Waals surface area contributed by atoms with Crippen molar-refractivity contribution < 1.29 is 18.3 Å². The van der Waals surface area contributed by atoms with Crippen molar-refractivity contribution in [3.05, 3.63) is 24.4 Å². The number of rotatable bonds is 5. The van der Waals surface area contributed by atoms with Gasteiger partial charge in [-0.15, -0.1) is 0 Å². The quantitative estimate of drug-likeness (QED) is 0.914. The van der Waals surface area contributed by atoms with E-state index in [9.17, 15) is 8.78 Å². The highest BCUT2D eigenvalue weighted by atomic mass is 19.3. The highest BCUT2D eigenvalue weighted by Crippen LogP contribution is 2.38. The molecule has 2 aromatic rings. The van der Waals surface area contributed by atoms with E-state index >= 15 is 0 Å². The summed E-state index contributed by atoms with van der Waals surface area (Å²) in [6, 6.07) is 5.41. The molecule has 0 saturated heterocycles. The summed E-state index contributed by atoms with van der Waals surface area (Å²) in [6.07, 6.45) is -0.864.